The molecule has 0 amide bonds. The van der Waals surface area contributed by atoms with Crippen LogP contribution in [0.25, 0.3) is 0 Å². The largest absolute Gasteiger partial charge is 0.377 e. The summed E-state index contributed by atoms with van der Waals surface area (Å²) in [5.74, 6) is -0.167. The van der Waals surface area contributed by atoms with Crippen LogP contribution in [0.5, 0.6) is 0 Å². The predicted octanol–water partition coefficient (Wildman–Crippen LogP) is 4.21. The summed E-state index contributed by atoms with van der Waals surface area (Å²) in [6.45, 7) is 5.97. The van der Waals surface area contributed by atoms with Gasteiger partial charge < -0.3 is 10.1 Å². The van der Waals surface area contributed by atoms with Crippen molar-refractivity contribution in [3.05, 3.63) is 71.0 Å². The normalized spacial score (nSPS) is 12.3. The van der Waals surface area contributed by atoms with E-state index in [4.69, 9.17) is 4.74 Å². The molecule has 2 aromatic rings. The molecule has 1 atom stereocenters. The Morgan fingerprint density at radius 2 is 1.71 bits per heavy atom. The molecule has 0 aliphatic heterocycles. The Bertz CT molecular complexity index is 571. The van der Waals surface area contributed by atoms with Gasteiger partial charge in [-0.15, -0.1) is 0 Å². The lowest BCUT2D eigenvalue weighted by atomic mass is 10.1. The molecular weight excluding hydrogens is 265 g/mol. The first-order chi connectivity index (χ1) is 10.2. The second-order valence-corrected chi connectivity index (χ2v) is 5.03. The molecule has 0 saturated heterocycles. The maximum Gasteiger partial charge on any atom is 0.127 e. The van der Waals surface area contributed by atoms with Gasteiger partial charge in [0.15, 0.2) is 0 Å². The summed E-state index contributed by atoms with van der Waals surface area (Å²) in [5, 5.41) is 3.38. The molecule has 0 spiro atoms. The molecule has 2 nitrogen and oxygen atoms in total. The summed E-state index contributed by atoms with van der Waals surface area (Å²) in [6.07, 6.45) is 0. The number of hydrogen-bond acceptors (Lipinski definition) is 2. The molecule has 1 unspecified atom stereocenters. The van der Waals surface area contributed by atoms with E-state index in [0.717, 1.165) is 0 Å². The van der Waals surface area contributed by atoms with Crippen LogP contribution in [0.4, 0.5) is 4.39 Å². The second kappa shape index (κ2) is 7.91. The van der Waals surface area contributed by atoms with Crippen LogP contribution in [-0.4, -0.2) is 6.61 Å². The van der Waals surface area contributed by atoms with Gasteiger partial charge in [-0.3, -0.25) is 0 Å². The molecule has 0 aliphatic rings. The molecule has 0 fully saturated rings. The third-order valence-corrected chi connectivity index (χ3v) is 3.55. The van der Waals surface area contributed by atoms with Gasteiger partial charge in [-0.1, -0.05) is 42.5 Å². The van der Waals surface area contributed by atoms with Gasteiger partial charge in [0.05, 0.1) is 6.61 Å². The zero-order valence-corrected chi connectivity index (χ0v) is 12.6. The molecule has 0 bridgehead atoms. The van der Waals surface area contributed by atoms with Crippen molar-refractivity contribution < 1.29 is 9.13 Å². The molecule has 0 aliphatic carbocycles. The highest BCUT2D eigenvalue weighted by atomic mass is 19.1. The van der Waals surface area contributed by atoms with Crippen LogP contribution in [0, 0.1) is 5.82 Å². The van der Waals surface area contributed by atoms with E-state index < -0.39 is 0 Å². The molecular formula is C18H22FNO. The third-order valence-electron chi connectivity index (χ3n) is 3.55. The number of nitrogens with one attached hydrogen (secondary N) is 1. The Morgan fingerprint density at radius 3 is 2.43 bits per heavy atom. The molecule has 0 saturated carbocycles. The lowest BCUT2D eigenvalue weighted by Gasteiger charge is -2.17. The van der Waals surface area contributed by atoms with E-state index in [9.17, 15) is 4.39 Å². The molecule has 0 heterocycles. The Hall–Kier alpha value is -1.71. The summed E-state index contributed by atoms with van der Waals surface area (Å²) >= 11 is 0. The molecule has 2 rings (SSSR count). The number of ether oxygens (including phenoxy) is 1. The van der Waals surface area contributed by atoms with Gasteiger partial charge in [0.25, 0.3) is 0 Å². The van der Waals surface area contributed by atoms with Crippen LogP contribution >= 0.6 is 0 Å². The van der Waals surface area contributed by atoms with E-state index >= 15 is 0 Å². The van der Waals surface area contributed by atoms with E-state index in [1.165, 1.54) is 17.2 Å². The summed E-state index contributed by atoms with van der Waals surface area (Å²) in [5.41, 5.74) is 3.06. The molecule has 0 aromatic heterocycles. The number of benzene rings is 2. The van der Waals surface area contributed by atoms with Crippen LogP contribution in [0.3, 0.4) is 0 Å². The zero-order valence-electron chi connectivity index (χ0n) is 12.6. The Kier molecular flexibility index (Phi) is 5.90. The maximum atomic E-state index is 13.8. The van der Waals surface area contributed by atoms with Crippen molar-refractivity contribution in [3.8, 4) is 0 Å². The van der Waals surface area contributed by atoms with E-state index in [1.54, 1.807) is 6.07 Å². The van der Waals surface area contributed by atoms with Gasteiger partial charge in [0.1, 0.15) is 5.82 Å². The quantitative estimate of drug-likeness (QED) is 0.823. The van der Waals surface area contributed by atoms with E-state index in [-0.39, 0.29) is 11.9 Å². The maximum absolute atomic E-state index is 13.8. The Balaban J connectivity index is 2.01. The minimum atomic E-state index is -0.167. The Morgan fingerprint density at radius 1 is 1.05 bits per heavy atom. The van der Waals surface area contributed by atoms with Crippen LogP contribution in [0.15, 0.2) is 48.5 Å². The van der Waals surface area contributed by atoms with Crippen LogP contribution in [0.2, 0.25) is 0 Å². The number of rotatable bonds is 7. The minimum absolute atomic E-state index is 0.0358. The smallest absolute Gasteiger partial charge is 0.127 e. The zero-order chi connectivity index (χ0) is 15.1. The van der Waals surface area contributed by atoms with Crippen molar-refractivity contribution in [2.75, 3.05) is 6.61 Å². The second-order valence-electron chi connectivity index (χ2n) is 5.03. The van der Waals surface area contributed by atoms with Crippen molar-refractivity contribution in [2.24, 2.45) is 0 Å². The van der Waals surface area contributed by atoms with Crippen LogP contribution in [-0.2, 0) is 17.9 Å². The van der Waals surface area contributed by atoms with Gasteiger partial charge in [0, 0.05) is 24.8 Å². The average Bonchev–Trinajstić information content (AvgIpc) is 2.52. The van der Waals surface area contributed by atoms with E-state index in [2.05, 4.69) is 17.4 Å². The van der Waals surface area contributed by atoms with E-state index in [1.807, 2.05) is 38.1 Å². The highest BCUT2D eigenvalue weighted by Crippen LogP contribution is 2.17. The number of hydrogen-bond donors (Lipinski definition) is 1. The minimum Gasteiger partial charge on any atom is -0.377 e. The topological polar surface area (TPSA) is 21.3 Å². The monoisotopic (exact) mass is 287 g/mol. The predicted molar refractivity (Wildman–Crippen MR) is 83.4 cm³/mol. The third kappa shape index (κ3) is 4.38. The van der Waals surface area contributed by atoms with Crippen molar-refractivity contribution in [3.63, 3.8) is 0 Å². The molecule has 2 aromatic carbocycles. The van der Waals surface area contributed by atoms with Crippen molar-refractivity contribution in [1.82, 2.24) is 5.32 Å². The first-order valence-electron chi connectivity index (χ1n) is 7.34. The summed E-state index contributed by atoms with van der Waals surface area (Å²) in [6, 6.07) is 15.0. The SMILES string of the molecule is CCOCc1ccccc1CNC(C)c1ccccc1F. The van der Waals surface area contributed by atoms with Gasteiger partial charge in [-0.05, 0) is 31.0 Å². The van der Waals surface area contributed by atoms with E-state index in [0.29, 0.717) is 25.3 Å². The van der Waals surface area contributed by atoms with Gasteiger partial charge >= 0.3 is 0 Å². The highest BCUT2D eigenvalue weighted by molar-refractivity contribution is 5.27. The molecule has 3 heteroatoms. The molecule has 0 radical (unpaired) electrons. The highest BCUT2D eigenvalue weighted by Gasteiger charge is 2.10. The lowest BCUT2D eigenvalue weighted by molar-refractivity contribution is 0.133. The molecule has 21 heavy (non-hydrogen) atoms. The molecule has 1 N–H and O–H groups in total. The average molecular weight is 287 g/mol. The van der Waals surface area contributed by atoms with Crippen LogP contribution in [0.1, 0.15) is 36.6 Å². The van der Waals surface area contributed by atoms with Gasteiger partial charge in [-0.2, -0.15) is 0 Å². The summed E-state index contributed by atoms with van der Waals surface area (Å²) < 4.78 is 19.2. The van der Waals surface area contributed by atoms with Crippen LogP contribution < -0.4 is 5.32 Å². The van der Waals surface area contributed by atoms with Crippen molar-refractivity contribution in [2.45, 2.75) is 33.0 Å². The Labute approximate surface area is 126 Å². The van der Waals surface area contributed by atoms with Gasteiger partial charge in [-0.25, -0.2) is 4.39 Å². The fourth-order valence-corrected chi connectivity index (χ4v) is 2.28. The first kappa shape index (κ1) is 15.7. The van der Waals surface area contributed by atoms with Gasteiger partial charge in [0.2, 0.25) is 0 Å². The van der Waals surface area contributed by atoms with Crippen molar-refractivity contribution in [1.29, 1.82) is 0 Å². The standard InChI is InChI=1S/C18H22FNO/c1-3-21-13-16-9-5-4-8-15(16)12-20-14(2)17-10-6-7-11-18(17)19/h4-11,14,20H,3,12-13H2,1-2H3. The first-order valence-corrected chi connectivity index (χ1v) is 7.34. The lowest BCUT2D eigenvalue weighted by Crippen LogP contribution is -2.20. The molecule has 112 valence electrons. The summed E-state index contributed by atoms with van der Waals surface area (Å²) in [4.78, 5) is 0. The summed E-state index contributed by atoms with van der Waals surface area (Å²) in [7, 11) is 0. The number of halogens is 1. The van der Waals surface area contributed by atoms with Crippen molar-refractivity contribution >= 4 is 0 Å². The fraction of sp³-hybridized carbons (Fsp3) is 0.333. The fourth-order valence-electron chi connectivity index (χ4n) is 2.28.